The van der Waals surface area contributed by atoms with Gasteiger partial charge in [-0.2, -0.15) is 0 Å². The van der Waals surface area contributed by atoms with Crippen LogP contribution in [0.2, 0.25) is 0 Å². The summed E-state index contributed by atoms with van der Waals surface area (Å²) in [4.78, 5) is 0. The Morgan fingerprint density at radius 1 is 1.33 bits per heavy atom. The zero-order chi connectivity index (χ0) is 3.58. The summed E-state index contributed by atoms with van der Waals surface area (Å²) >= 11 is 0. The minimum atomic E-state index is -0.0833. The molecule has 0 aromatic carbocycles. The van der Waals surface area contributed by atoms with Gasteiger partial charge in [0, 0.05) is 17.1 Å². The Bertz CT molecular complexity index is 31.8. The second-order valence-electron chi connectivity index (χ2n) is 0.500. The van der Waals surface area contributed by atoms with E-state index >= 15 is 0 Å². The Labute approximate surface area is 47.8 Å². The van der Waals surface area contributed by atoms with Crippen molar-refractivity contribution in [1.29, 1.82) is 0 Å². The van der Waals surface area contributed by atoms with E-state index in [1.54, 1.807) is 0 Å². The molecule has 0 saturated heterocycles. The first kappa shape index (κ1) is 17.0. The standard InChI is InChI=1S/C2H5N2.Fe.H3N/c1-2(3)4;;/h1H,3-4H2;;1H3/q-1;;. The molecule has 7 N–H and O–H groups in total. The van der Waals surface area contributed by atoms with Gasteiger partial charge in [0.1, 0.15) is 0 Å². The maximum Gasteiger partial charge on any atom is 0 e. The summed E-state index contributed by atoms with van der Waals surface area (Å²) in [7, 11) is 0. The van der Waals surface area contributed by atoms with E-state index in [1.807, 2.05) is 0 Å². The maximum atomic E-state index is 4.58. The average Bonchev–Trinajstić information content (AvgIpc) is 0.811. The fourth-order valence-electron chi connectivity index (χ4n) is 0. The fraction of sp³-hybridized carbons (Fsp3) is 0. The second-order valence-corrected chi connectivity index (χ2v) is 0.500. The molecule has 0 unspecified atom stereocenters. The Kier molecular flexibility index (Phi) is 25.1. The van der Waals surface area contributed by atoms with Gasteiger partial charge in [0.05, 0.1) is 0 Å². The van der Waals surface area contributed by atoms with Gasteiger partial charge >= 0.3 is 0 Å². The zero-order valence-electron chi connectivity index (χ0n) is 3.29. The molecule has 0 heterocycles. The summed E-state index contributed by atoms with van der Waals surface area (Å²) in [5.41, 5.74) is 9.17. The molecule has 0 rings (SSSR count). The predicted octanol–water partition coefficient (Wildman–Crippen LogP) is -0.662. The van der Waals surface area contributed by atoms with Crippen molar-refractivity contribution in [3.05, 3.63) is 12.4 Å². The van der Waals surface area contributed by atoms with Crippen molar-refractivity contribution in [3.63, 3.8) is 0 Å². The van der Waals surface area contributed by atoms with Crippen LogP contribution >= 0.6 is 0 Å². The topological polar surface area (TPSA) is 87.0 Å². The van der Waals surface area contributed by atoms with Gasteiger partial charge in [-0.15, -0.1) is 5.82 Å². The third-order valence-corrected chi connectivity index (χ3v) is 0. The van der Waals surface area contributed by atoms with Crippen LogP contribution in [0.5, 0.6) is 0 Å². The van der Waals surface area contributed by atoms with Gasteiger partial charge in [-0.1, -0.05) is 0 Å². The summed E-state index contributed by atoms with van der Waals surface area (Å²) in [5.74, 6) is -0.0833. The van der Waals surface area contributed by atoms with Crippen LogP contribution in [0.25, 0.3) is 0 Å². The Morgan fingerprint density at radius 3 is 1.33 bits per heavy atom. The van der Waals surface area contributed by atoms with Crippen molar-refractivity contribution in [3.8, 4) is 0 Å². The minimum absolute atomic E-state index is 0. The molecule has 6 heavy (non-hydrogen) atoms. The second kappa shape index (κ2) is 8.84. The largest absolute Gasteiger partial charge is 0.473 e. The maximum absolute atomic E-state index is 4.58. The van der Waals surface area contributed by atoms with Gasteiger partial charge in [0.25, 0.3) is 0 Å². The van der Waals surface area contributed by atoms with E-state index in [4.69, 9.17) is 0 Å². The molecule has 0 aromatic heterocycles. The van der Waals surface area contributed by atoms with Crippen molar-refractivity contribution < 1.29 is 17.1 Å². The number of hydrogen-bond donors (Lipinski definition) is 3. The molecule has 0 bridgehead atoms. The van der Waals surface area contributed by atoms with E-state index in [0.717, 1.165) is 0 Å². The molecule has 0 aliphatic rings. The van der Waals surface area contributed by atoms with Crippen molar-refractivity contribution >= 4 is 0 Å². The molecule has 3 nitrogen and oxygen atoms in total. The summed E-state index contributed by atoms with van der Waals surface area (Å²) in [6.45, 7) is 4.58. The molecule has 0 atom stereocenters. The first-order valence-corrected chi connectivity index (χ1v) is 0.866. The molecule has 0 aromatic rings. The van der Waals surface area contributed by atoms with Crippen LogP contribution in [-0.4, -0.2) is 0 Å². The number of hydrogen-bond acceptors (Lipinski definition) is 3. The molecule has 0 aliphatic heterocycles. The smallest absolute Gasteiger partial charge is 0 e. The van der Waals surface area contributed by atoms with Crippen molar-refractivity contribution in [2.45, 2.75) is 0 Å². The summed E-state index contributed by atoms with van der Waals surface area (Å²) in [6.07, 6.45) is 0. The van der Waals surface area contributed by atoms with Gasteiger partial charge in [-0.25, -0.2) is 0 Å². The van der Waals surface area contributed by atoms with E-state index in [2.05, 4.69) is 18.0 Å². The SMILES string of the molecule is N.[CH-]=C(N)N.[Fe]. The van der Waals surface area contributed by atoms with Gasteiger partial charge in [0.2, 0.25) is 0 Å². The first-order valence-electron chi connectivity index (χ1n) is 0.866. The third-order valence-electron chi connectivity index (χ3n) is 0. The van der Waals surface area contributed by atoms with Crippen LogP contribution in [0.1, 0.15) is 0 Å². The quantitative estimate of drug-likeness (QED) is 0.300. The number of nitrogens with two attached hydrogens (primary N) is 2. The van der Waals surface area contributed by atoms with Gasteiger partial charge in [0.15, 0.2) is 0 Å². The molecule has 0 fully saturated rings. The van der Waals surface area contributed by atoms with Crippen molar-refractivity contribution in [1.82, 2.24) is 6.15 Å². The molecule has 4 heteroatoms. The van der Waals surface area contributed by atoms with Crippen LogP contribution in [0, 0.1) is 6.58 Å². The number of rotatable bonds is 0. The predicted molar refractivity (Wildman–Crippen MR) is 21.2 cm³/mol. The monoisotopic (exact) mass is 130 g/mol. The van der Waals surface area contributed by atoms with E-state index in [9.17, 15) is 0 Å². The molecule has 0 spiro atoms. The van der Waals surface area contributed by atoms with E-state index in [0.29, 0.717) is 0 Å². The van der Waals surface area contributed by atoms with E-state index in [-0.39, 0.29) is 29.0 Å². The van der Waals surface area contributed by atoms with E-state index < -0.39 is 0 Å². The fourth-order valence-corrected chi connectivity index (χ4v) is 0. The summed E-state index contributed by atoms with van der Waals surface area (Å²) < 4.78 is 0. The Balaban J connectivity index is -0.0000000450. The zero-order valence-corrected chi connectivity index (χ0v) is 4.40. The van der Waals surface area contributed by atoms with Crippen LogP contribution in [0.4, 0.5) is 0 Å². The third kappa shape index (κ3) is 932. The molecule has 40 valence electrons. The normalized spacial score (nSPS) is 4.00. The van der Waals surface area contributed by atoms with Crippen LogP contribution in [0.3, 0.4) is 0 Å². The van der Waals surface area contributed by atoms with Crippen molar-refractivity contribution in [2.75, 3.05) is 0 Å². The molecule has 0 amide bonds. The van der Waals surface area contributed by atoms with E-state index in [1.165, 1.54) is 0 Å². The minimum Gasteiger partial charge on any atom is -0.473 e. The molecule has 0 saturated carbocycles. The van der Waals surface area contributed by atoms with Gasteiger partial charge in [-0.3, -0.25) is 0 Å². The van der Waals surface area contributed by atoms with Crippen molar-refractivity contribution in [2.24, 2.45) is 11.5 Å². The van der Waals surface area contributed by atoms with Crippen LogP contribution in [0.15, 0.2) is 5.82 Å². The Morgan fingerprint density at radius 2 is 1.33 bits per heavy atom. The summed E-state index contributed by atoms with van der Waals surface area (Å²) in [5, 5.41) is 0. The van der Waals surface area contributed by atoms with Crippen LogP contribution < -0.4 is 17.6 Å². The summed E-state index contributed by atoms with van der Waals surface area (Å²) in [6, 6.07) is 0. The molecular formula is C2H8FeN3-. The molecule has 0 radical (unpaired) electrons. The van der Waals surface area contributed by atoms with Crippen LogP contribution in [-0.2, 0) is 17.1 Å². The first-order chi connectivity index (χ1) is 1.73. The van der Waals surface area contributed by atoms with Gasteiger partial charge < -0.3 is 24.2 Å². The average molecular weight is 130 g/mol. The Hall–Kier alpha value is -0.181. The molecule has 0 aliphatic carbocycles. The van der Waals surface area contributed by atoms with Gasteiger partial charge in [-0.05, 0) is 0 Å². The molecular weight excluding hydrogens is 122 g/mol.